The normalized spacial score (nSPS) is 23.0. The van der Waals surface area contributed by atoms with Crippen molar-refractivity contribution in [2.45, 2.75) is 38.8 Å². The number of nitrogens with zero attached hydrogens (tertiary/aromatic N) is 2. The molecule has 0 radical (unpaired) electrons. The third kappa shape index (κ3) is 3.64. The van der Waals surface area contributed by atoms with Crippen LogP contribution in [-0.2, 0) is 16.1 Å². The predicted molar refractivity (Wildman–Crippen MR) is 71.0 cm³/mol. The molecular weight excluding hydrogens is 244 g/mol. The number of nitrogen functional groups attached to an aromatic ring is 1. The highest BCUT2D eigenvalue weighted by Gasteiger charge is 2.30. The van der Waals surface area contributed by atoms with Crippen LogP contribution in [0.1, 0.15) is 32.0 Å². The summed E-state index contributed by atoms with van der Waals surface area (Å²) < 4.78 is 5.62. The number of ether oxygens (including phenoxy) is 1. The monoisotopic (exact) mass is 264 g/mol. The first-order chi connectivity index (χ1) is 9.20. The van der Waals surface area contributed by atoms with Gasteiger partial charge in [0, 0.05) is 12.8 Å². The molecule has 0 bridgehead atoms. The molecule has 1 aromatic rings. The minimum absolute atomic E-state index is 0.0116. The molecule has 2 atom stereocenters. The molecule has 2 heterocycles. The number of nitrogens with two attached hydrogens (primary N) is 1. The highest BCUT2D eigenvalue weighted by molar-refractivity contribution is 5.79. The minimum Gasteiger partial charge on any atom is -0.384 e. The molecule has 3 N–H and O–H groups in total. The lowest BCUT2D eigenvalue weighted by Crippen LogP contribution is -2.41. The topological polar surface area (TPSA) is 90.1 Å². The van der Waals surface area contributed by atoms with E-state index in [1.165, 1.54) is 0 Å². The fraction of sp³-hybridized carbons (Fsp3) is 0.615. The van der Waals surface area contributed by atoms with Gasteiger partial charge in [0.15, 0.2) is 0 Å². The second-order valence-electron chi connectivity index (χ2n) is 4.68. The van der Waals surface area contributed by atoms with Gasteiger partial charge in [0.2, 0.25) is 5.91 Å². The van der Waals surface area contributed by atoms with Crippen LogP contribution in [0.2, 0.25) is 0 Å². The van der Waals surface area contributed by atoms with Crippen molar-refractivity contribution in [2.75, 3.05) is 12.3 Å². The number of carbonyl (C=O) groups is 1. The van der Waals surface area contributed by atoms with Gasteiger partial charge >= 0.3 is 0 Å². The Morgan fingerprint density at radius 3 is 3.21 bits per heavy atom. The average Bonchev–Trinajstić information content (AvgIpc) is 2.45. The smallest absolute Gasteiger partial charge is 0.226 e. The molecule has 1 fully saturated rings. The van der Waals surface area contributed by atoms with Crippen molar-refractivity contribution >= 4 is 11.7 Å². The lowest BCUT2D eigenvalue weighted by Gasteiger charge is -2.29. The highest BCUT2D eigenvalue weighted by Crippen LogP contribution is 2.23. The second-order valence-corrected chi connectivity index (χ2v) is 4.68. The molecule has 1 aromatic heterocycles. The molecule has 6 nitrogen and oxygen atoms in total. The number of hydrogen-bond donors (Lipinski definition) is 2. The summed E-state index contributed by atoms with van der Waals surface area (Å²) in [6.07, 6.45) is 4.27. The number of amides is 1. The Kier molecular flexibility index (Phi) is 4.68. The maximum atomic E-state index is 12.1. The van der Waals surface area contributed by atoms with Crippen LogP contribution in [0.4, 0.5) is 5.82 Å². The van der Waals surface area contributed by atoms with Crippen LogP contribution in [-0.4, -0.2) is 28.6 Å². The minimum atomic E-state index is -0.0696. The molecule has 1 amide bonds. The summed E-state index contributed by atoms with van der Waals surface area (Å²) in [5.74, 6) is 0.877. The predicted octanol–water partition coefficient (Wildman–Crippen LogP) is 0.880. The van der Waals surface area contributed by atoms with Crippen LogP contribution in [0.15, 0.2) is 12.3 Å². The van der Waals surface area contributed by atoms with Gasteiger partial charge in [-0.05, 0) is 25.3 Å². The quantitative estimate of drug-likeness (QED) is 0.842. The zero-order valence-electron chi connectivity index (χ0n) is 11.1. The van der Waals surface area contributed by atoms with Crippen molar-refractivity contribution < 1.29 is 9.53 Å². The lowest BCUT2D eigenvalue weighted by atomic mass is 9.92. The van der Waals surface area contributed by atoms with Gasteiger partial charge in [-0.15, -0.1) is 0 Å². The highest BCUT2D eigenvalue weighted by atomic mass is 16.5. The molecular formula is C13H20N4O2. The maximum Gasteiger partial charge on any atom is 0.226 e. The third-order valence-corrected chi connectivity index (χ3v) is 3.33. The van der Waals surface area contributed by atoms with E-state index in [-0.39, 0.29) is 17.9 Å². The van der Waals surface area contributed by atoms with Crippen molar-refractivity contribution in [2.24, 2.45) is 5.92 Å². The Hall–Kier alpha value is -1.69. The number of aromatic nitrogens is 2. The number of hydrogen-bond acceptors (Lipinski definition) is 5. The van der Waals surface area contributed by atoms with E-state index in [1.54, 1.807) is 12.3 Å². The molecule has 0 spiro atoms. The number of anilines is 1. The molecule has 0 aliphatic carbocycles. The Bertz CT molecular complexity index is 438. The van der Waals surface area contributed by atoms with Crippen molar-refractivity contribution in [1.82, 2.24) is 15.3 Å². The summed E-state index contributed by atoms with van der Waals surface area (Å²) in [6, 6.07) is 1.62. The van der Waals surface area contributed by atoms with Crippen LogP contribution in [0, 0.1) is 5.92 Å². The van der Waals surface area contributed by atoms with E-state index in [0.717, 1.165) is 25.9 Å². The summed E-state index contributed by atoms with van der Waals surface area (Å²) in [7, 11) is 0. The molecule has 1 aliphatic rings. The van der Waals surface area contributed by atoms with Crippen molar-refractivity contribution in [3.8, 4) is 0 Å². The molecule has 6 heteroatoms. The number of nitrogens with one attached hydrogen (secondary N) is 1. The summed E-state index contributed by atoms with van der Waals surface area (Å²) in [5.41, 5.74) is 5.57. The molecule has 1 aliphatic heterocycles. The van der Waals surface area contributed by atoms with Gasteiger partial charge in [0.1, 0.15) is 11.6 Å². The summed E-state index contributed by atoms with van der Waals surface area (Å²) in [5, 5.41) is 2.86. The van der Waals surface area contributed by atoms with E-state index in [9.17, 15) is 4.79 Å². The Morgan fingerprint density at radius 2 is 2.47 bits per heavy atom. The molecule has 104 valence electrons. The Morgan fingerprint density at radius 1 is 1.63 bits per heavy atom. The van der Waals surface area contributed by atoms with E-state index in [1.807, 2.05) is 6.92 Å². The van der Waals surface area contributed by atoms with Crippen molar-refractivity contribution in [1.29, 1.82) is 0 Å². The first-order valence-corrected chi connectivity index (χ1v) is 6.67. The van der Waals surface area contributed by atoms with Gasteiger partial charge in [0.05, 0.1) is 18.6 Å². The average molecular weight is 264 g/mol. The van der Waals surface area contributed by atoms with E-state index in [0.29, 0.717) is 18.2 Å². The zero-order valence-corrected chi connectivity index (χ0v) is 11.1. The lowest BCUT2D eigenvalue weighted by molar-refractivity contribution is -0.134. The SMILES string of the molecule is CC[C@@H]1OCCC[C@H]1C(=O)NCc1nccc(N)n1. The molecule has 2 rings (SSSR count). The number of carbonyl (C=O) groups excluding carboxylic acids is 1. The first-order valence-electron chi connectivity index (χ1n) is 6.67. The van der Waals surface area contributed by atoms with Gasteiger partial charge in [-0.25, -0.2) is 9.97 Å². The summed E-state index contributed by atoms with van der Waals surface area (Å²) in [6.45, 7) is 3.09. The molecule has 19 heavy (non-hydrogen) atoms. The van der Waals surface area contributed by atoms with E-state index in [4.69, 9.17) is 10.5 Å². The standard InChI is InChI=1S/C13H20N4O2/c1-2-10-9(4-3-7-19-10)13(18)16-8-12-15-6-5-11(14)17-12/h5-6,9-10H,2-4,7-8H2,1H3,(H,16,18)(H2,14,15,17)/t9-,10+/m1/s1. The van der Waals surface area contributed by atoms with Crippen molar-refractivity contribution in [3.63, 3.8) is 0 Å². The van der Waals surface area contributed by atoms with Crippen LogP contribution >= 0.6 is 0 Å². The van der Waals surface area contributed by atoms with Gasteiger partial charge in [0.25, 0.3) is 0 Å². The van der Waals surface area contributed by atoms with Crippen LogP contribution < -0.4 is 11.1 Å². The van der Waals surface area contributed by atoms with Crippen LogP contribution in [0.5, 0.6) is 0 Å². The van der Waals surface area contributed by atoms with E-state index < -0.39 is 0 Å². The second kappa shape index (κ2) is 6.47. The maximum absolute atomic E-state index is 12.1. The van der Waals surface area contributed by atoms with Crippen LogP contribution in [0.3, 0.4) is 0 Å². The van der Waals surface area contributed by atoms with Gasteiger partial charge in [-0.1, -0.05) is 6.92 Å². The van der Waals surface area contributed by atoms with Gasteiger partial charge in [-0.3, -0.25) is 4.79 Å². The largest absolute Gasteiger partial charge is 0.384 e. The Balaban J connectivity index is 1.89. The molecule has 0 unspecified atom stereocenters. The third-order valence-electron chi connectivity index (χ3n) is 3.33. The molecule has 1 saturated heterocycles. The molecule has 0 aromatic carbocycles. The Labute approximate surface area is 112 Å². The zero-order chi connectivity index (χ0) is 13.7. The van der Waals surface area contributed by atoms with E-state index >= 15 is 0 Å². The van der Waals surface area contributed by atoms with Crippen LogP contribution in [0.25, 0.3) is 0 Å². The fourth-order valence-corrected chi connectivity index (χ4v) is 2.34. The summed E-state index contributed by atoms with van der Waals surface area (Å²) >= 11 is 0. The number of rotatable bonds is 4. The van der Waals surface area contributed by atoms with Crippen molar-refractivity contribution in [3.05, 3.63) is 18.1 Å². The van der Waals surface area contributed by atoms with Gasteiger partial charge < -0.3 is 15.8 Å². The first kappa shape index (κ1) is 13.7. The fourth-order valence-electron chi connectivity index (χ4n) is 2.34. The molecule has 0 saturated carbocycles. The van der Waals surface area contributed by atoms with Gasteiger partial charge in [-0.2, -0.15) is 0 Å². The van der Waals surface area contributed by atoms with E-state index in [2.05, 4.69) is 15.3 Å². The summed E-state index contributed by atoms with van der Waals surface area (Å²) in [4.78, 5) is 20.3.